The maximum absolute atomic E-state index is 12.4. The Kier molecular flexibility index (Phi) is 5.52. The summed E-state index contributed by atoms with van der Waals surface area (Å²) in [6.07, 6.45) is 4.47. The van der Waals surface area contributed by atoms with Gasteiger partial charge in [-0.15, -0.1) is 0 Å². The number of ether oxygens (including phenoxy) is 1. The molecule has 0 spiro atoms. The minimum atomic E-state index is 0.114. The smallest absolute Gasteiger partial charge is 0.220 e. The predicted octanol–water partition coefficient (Wildman–Crippen LogP) is 4.21. The van der Waals surface area contributed by atoms with Gasteiger partial charge in [0, 0.05) is 6.42 Å². The Morgan fingerprint density at radius 3 is 2.83 bits per heavy atom. The summed E-state index contributed by atoms with van der Waals surface area (Å²) in [5.41, 5.74) is 3.75. The monoisotopic (exact) mass is 323 g/mol. The van der Waals surface area contributed by atoms with Gasteiger partial charge in [0.05, 0.1) is 12.6 Å². The molecule has 1 amide bonds. The van der Waals surface area contributed by atoms with Crippen molar-refractivity contribution in [3.63, 3.8) is 0 Å². The van der Waals surface area contributed by atoms with E-state index in [1.807, 2.05) is 31.2 Å². The molecule has 24 heavy (non-hydrogen) atoms. The van der Waals surface area contributed by atoms with Crippen molar-refractivity contribution >= 4 is 5.91 Å². The molecule has 0 saturated carbocycles. The maximum Gasteiger partial charge on any atom is 0.220 e. The summed E-state index contributed by atoms with van der Waals surface area (Å²) >= 11 is 0. The number of carbonyl (C=O) groups excluding carboxylic acids is 1. The molecule has 0 saturated heterocycles. The second-order valence-corrected chi connectivity index (χ2v) is 6.25. The van der Waals surface area contributed by atoms with Crippen molar-refractivity contribution < 1.29 is 9.53 Å². The van der Waals surface area contributed by atoms with Crippen LogP contribution in [0.25, 0.3) is 0 Å². The van der Waals surface area contributed by atoms with Gasteiger partial charge in [0.2, 0.25) is 5.91 Å². The van der Waals surface area contributed by atoms with Crippen molar-refractivity contribution in [1.82, 2.24) is 5.32 Å². The topological polar surface area (TPSA) is 38.3 Å². The molecule has 126 valence electrons. The summed E-state index contributed by atoms with van der Waals surface area (Å²) in [6.45, 7) is 2.62. The molecule has 2 aromatic rings. The fourth-order valence-corrected chi connectivity index (χ4v) is 3.43. The average Bonchev–Trinajstić information content (AvgIpc) is 2.62. The van der Waals surface area contributed by atoms with Crippen LogP contribution in [0.4, 0.5) is 0 Å². The van der Waals surface area contributed by atoms with Crippen molar-refractivity contribution in [3.05, 3.63) is 65.2 Å². The zero-order valence-corrected chi connectivity index (χ0v) is 14.3. The van der Waals surface area contributed by atoms with Crippen molar-refractivity contribution in [2.24, 2.45) is 0 Å². The SMILES string of the molecule is CCOc1ccccc1CCC(=O)N[C@H]1CCCc2ccccc21. The first-order chi connectivity index (χ1) is 11.8. The molecule has 0 radical (unpaired) electrons. The molecule has 0 aliphatic heterocycles. The number of nitrogens with one attached hydrogen (secondary N) is 1. The average molecular weight is 323 g/mol. The quantitative estimate of drug-likeness (QED) is 0.865. The molecule has 1 N–H and O–H groups in total. The first kappa shape index (κ1) is 16.6. The number of amides is 1. The molecule has 2 aromatic carbocycles. The number of para-hydroxylation sites is 1. The molecule has 0 heterocycles. The van der Waals surface area contributed by atoms with Crippen LogP contribution in [-0.4, -0.2) is 12.5 Å². The highest BCUT2D eigenvalue weighted by atomic mass is 16.5. The molecule has 0 fully saturated rings. The lowest BCUT2D eigenvalue weighted by molar-refractivity contribution is -0.121. The van der Waals surface area contributed by atoms with Crippen molar-refractivity contribution in [1.29, 1.82) is 0 Å². The highest BCUT2D eigenvalue weighted by Gasteiger charge is 2.21. The number of rotatable bonds is 6. The fraction of sp³-hybridized carbons (Fsp3) is 0.381. The van der Waals surface area contributed by atoms with Gasteiger partial charge in [-0.2, -0.15) is 0 Å². The van der Waals surface area contributed by atoms with Crippen LogP contribution in [-0.2, 0) is 17.6 Å². The zero-order valence-electron chi connectivity index (χ0n) is 14.3. The Morgan fingerprint density at radius 2 is 1.96 bits per heavy atom. The Morgan fingerprint density at radius 1 is 1.17 bits per heavy atom. The summed E-state index contributed by atoms with van der Waals surface area (Å²) in [6, 6.07) is 16.6. The van der Waals surface area contributed by atoms with Gasteiger partial charge in [-0.1, -0.05) is 42.5 Å². The van der Waals surface area contributed by atoms with Crippen LogP contribution in [0.1, 0.15) is 48.9 Å². The van der Waals surface area contributed by atoms with Gasteiger partial charge in [-0.3, -0.25) is 4.79 Å². The van der Waals surface area contributed by atoms with E-state index >= 15 is 0 Å². The molecule has 0 aromatic heterocycles. The Balaban J connectivity index is 1.59. The van der Waals surface area contributed by atoms with E-state index in [1.54, 1.807) is 0 Å². The third-order valence-electron chi connectivity index (χ3n) is 4.60. The predicted molar refractivity (Wildman–Crippen MR) is 96.2 cm³/mol. The van der Waals surface area contributed by atoms with E-state index in [-0.39, 0.29) is 11.9 Å². The number of aryl methyl sites for hydroxylation is 2. The number of hydrogen-bond donors (Lipinski definition) is 1. The second-order valence-electron chi connectivity index (χ2n) is 6.25. The molecular weight excluding hydrogens is 298 g/mol. The van der Waals surface area contributed by atoms with Crippen molar-refractivity contribution in [2.45, 2.75) is 45.1 Å². The van der Waals surface area contributed by atoms with Crippen molar-refractivity contribution in [3.8, 4) is 5.75 Å². The summed E-state index contributed by atoms with van der Waals surface area (Å²) < 4.78 is 5.63. The minimum absolute atomic E-state index is 0.114. The van der Waals surface area contributed by atoms with E-state index in [4.69, 9.17) is 4.74 Å². The van der Waals surface area contributed by atoms with Crippen molar-refractivity contribution in [2.75, 3.05) is 6.61 Å². The lowest BCUT2D eigenvalue weighted by Gasteiger charge is -2.26. The lowest BCUT2D eigenvalue weighted by atomic mass is 9.87. The summed E-state index contributed by atoms with van der Waals surface area (Å²) in [7, 11) is 0. The van der Waals surface area contributed by atoms with Gasteiger partial charge in [0.15, 0.2) is 0 Å². The number of benzene rings is 2. The van der Waals surface area contributed by atoms with Crippen LogP contribution in [0, 0.1) is 0 Å². The Labute approximate surface area is 144 Å². The molecule has 0 unspecified atom stereocenters. The standard InChI is InChI=1S/C21H25NO2/c1-2-24-20-13-6-4-9-17(20)14-15-21(23)22-19-12-7-10-16-8-3-5-11-18(16)19/h3-6,8-9,11,13,19H,2,7,10,12,14-15H2,1H3,(H,22,23)/t19-/m0/s1. The van der Waals surface area contributed by atoms with E-state index in [0.29, 0.717) is 19.4 Å². The van der Waals surface area contributed by atoms with Gasteiger partial charge >= 0.3 is 0 Å². The summed E-state index contributed by atoms with van der Waals surface area (Å²) in [4.78, 5) is 12.4. The number of hydrogen-bond acceptors (Lipinski definition) is 2. The van der Waals surface area contributed by atoms with Crippen LogP contribution in [0.15, 0.2) is 48.5 Å². The van der Waals surface area contributed by atoms with E-state index < -0.39 is 0 Å². The molecule has 1 aliphatic rings. The lowest BCUT2D eigenvalue weighted by Crippen LogP contribution is -2.31. The highest BCUT2D eigenvalue weighted by Crippen LogP contribution is 2.29. The van der Waals surface area contributed by atoms with E-state index in [2.05, 4.69) is 29.6 Å². The normalized spacial score (nSPS) is 16.3. The molecule has 3 heteroatoms. The number of fused-ring (bicyclic) bond motifs is 1. The Bertz CT molecular complexity index is 696. The van der Waals surface area contributed by atoms with E-state index in [0.717, 1.165) is 30.6 Å². The maximum atomic E-state index is 12.4. The third-order valence-corrected chi connectivity index (χ3v) is 4.60. The van der Waals surface area contributed by atoms with Gasteiger partial charge < -0.3 is 10.1 Å². The van der Waals surface area contributed by atoms with Gasteiger partial charge in [-0.25, -0.2) is 0 Å². The van der Waals surface area contributed by atoms with Crippen LogP contribution in [0.3, 0.4) is 0 Å². The molecule has 1 atom stereocenters. The third kappa shape index (κ3) is 3.97. The van der Waals surface area contributed by atoms with Gasteiger partial charge in [0.1, 0.15) is 5.75 Å². The largest absolute Gasteiger partial charge is 0.494 e. The van der Waals surface area contributed by atoms with E-state index in [1.165, 1.54) is 11.1 Å². The first-order valence-electron chi connectivity index (χ1n) is 8.85. The zero-order chi connectivity index (χ0) is 16.8. The van der Waals surface area contributed by atoms with Crippen LogP contribution in [0.5, 0.6) is 5.75 Å². The molecular formula is C21H25NO2. The molecule has 1 aliphatic carbocycles. The molecule has 0 bridgehead atoms. The first-order valence-corrected chi connectivity index (χ1v) is 8.85. The molecule has 3 rings (SSSR count). The highest BCUT2D eigenvalue weighted by molar-refractivity contribution is 5.77. The van der Waals surface area contributed by atoms with Gasteiger partial charge in [0.25, 0.3) is 0 Å². The minimum Gasteiger partial charge on any atom is -0.494 e. The summed E-state index contributed by atoms with van der Waals surface area (Å²) in [5.74, 6) is 0.999. The molecule has 3 nitrogen and oxygen atoms in total. The number of carbonyl (C=O) groups is 1. The Hall–Kier alpha value is -2.29. The van der Waals surface area contributed by atoms with Crippen LogP contribution >= 0.6 is 0 Å². The fourth-order valence-electron chi connectivity index (χ4n) is 3.43. The van der Waals surface area contributed by atoms with Gasteiger partial charge in [-0.05, 0) is 55.4 Å². The van der Waals surface area contributed by atoms with Crippen LogP contribution < -0.4 is 10.1 Å². The second kappa shape index (κ2) is 8.00. The van der Waals surface area contributed by atoms with Crippen LogP contribution in [0.2, 0.25) is 0 Å². The van der Waals surface area contributed by atoms with E-state index in [9.17, 15) is 4.79 Å². The summed E-state index contributed by atoms with van der Waals surface area (Å²) in [5, 5.41) is 3.22.